The highest BCUT2D eigenvalue weighted by Crippen LogP contribution is 2.38. The zero-order valence-electron chi connectivity index (χ0n) is 20.2. The van der Waals surface area contributed by atoms with Gasteiger partial charge in [-0.05, 0) is 62.8 Å². The van der Waals surface area contributed by atoms with Crippen molar-refractivity contribution in [2.24, 2.45) is 11.8 Å². The van der Waals surface area contributed by atoms with Crippen molar-refractivity contribution in [1.82, 2.24) is 14.8 Å². The van der Waals surface area contributed by atoms with E-state index in [1.54, 1.807) is 0 Å². The van der Waals surface area contributed by atoms with Crippen LogP contribution in [0.3, 0.4) is 0 Å². The lowest BCUT2D eigenvalue weighted by Gasteiger charge is -2.34. The number of carbonyl (C=O) groups excluding carboxylic acids is 2. The number of hydrogen-bond donors (Lipinski definition) is 1. The molecular weight excluding hydrogens is 410 g/mol. The molecule has 1 aliphatic carbocycles. The van der Waals surface area contributed by atoms with Crippen LogP contribution in [0.4, 0.5) is 0 Å². The molecule has 33 heavy (non-hydrogen) atoms. The number of rotatable bonds is 9. The number of likely N-dealkylation sites (N-methyl/N-ethyl adjacent to an activating group) is 1. The van der Waals surface area contributed by atoms with Gasteiger partial charge in [0.05, 0.1) is 12.1 Å². The molecule has 2 aliphatic rings. The number of hydrogen-bond acceptors (Lipinski definition) is 3. The van der Waals surface area contributed by atoms with Crippen LogP contribution in [0, 0.1) is 11.8 Å². The molecule has 5 nitrogen and oxygen atoms in total. The van der Waals surface area contributed by atoms with Crippen LogP contribution in [-0.2, 0) is 16.1 Å². The highest BCUT2D eigenvalue weighted by atomic mass is 16.2. The maximum absolute atomic E-state index is 13.9. The Balaban J connectivity index is 1.50. The lowest BCUT2D eigenvalue weighted by molar-refractivity contribution is -0.141. The van der Waals surface area contributed by atoms with Gasteiger partial charge in [0.25, 0.3) is 0 Å². The molecule has 0 bridgehead atoms. The first kappa shape index (κ1) is 23.7. The second-order valence-corrected chi connectivity index (χ2v) is 9.98. The van der Waals surface area contributed by atoms with E-state index in [1.807, 2.05) is 20.0 Å². The van der Waals surface area contributed by atoms with Crippen LogP contribution in [0.2, 0.25) is 0 Å². The van der Waals surface area contributed by atoms with Gasteiger partial charge in [0, 0.05) is 37.8 Å². The Kier molecular flexibility index (Phi) is 8.02. The maximum Gasteiger partial charge on any atom is 0.226 e. The first-order valence-electron chi connectivity index (χ1n) is 12.8. The lowest BCUT2D eigenvalue weighted by atomic mass is 9.76. The number of aromatic nitrogens is 1. The van der Waals surface area contributed by atoms with Crippen molar-refractivity contribution in [2.75, 3.05) is 13.6 Å². The molecule has 5 heteroatoms. The highest BCUT2D eigenvalue weighted by molar-refractivity contribution is 5.90. The molecule has 1 aliphatic heterocycles. The number of ketones is 1. The van der Waals surface area contributed by atoms with E-state index in [1.165, 1.54) is 30.4 Å². The third kappa shape index (κ3) is 5.75. The third-order valence-corrected chi connectivity index (χ3v) is 7.78. The summed E-state index contributed by atoms with van der Waals surface area (Å²) < 4.78 is 2.21. The topological polar surface area (TPSA) is 54.3 Å². The van der Waals surface area contributed by atoms with Gasteiger partial charge in [0.15, 0.2) is 0 Å². The van der Waals surface area contributed by atoms with Gasteiger partial charge in [-0.2, -0.15) is 0 Å². The number of nitrogens with one attached hydrogen (secondary N) is 1. The Morgan fingerprint density at radius 3 is 2.52 bits per heavy atom. The van der Waals surface area contributed by atoms with Crippen LogP contribution < -0.4 is 5.32 Å². The second-order valence-electron chi connectivity index (χ2n) is 9.98. The average molecular weight is 450 g/mol. The lowest BCUT2D eigenvalue weighted by Crippen LogP contribution is -2.42. The van der Waals surface area contributed by atoms with Crippen LogP contribution in [-0.4, -0.2) is 40.8 Å². The SMILES string of the molecule is CN[C@@H](C)C(=O)C[C@H](C(=O)N1CCC[C@@H]1c1ccn(Cc2ccccc2)c1)C1CCCCC1. The minimum atomic E-state index is -0.203. The van der Waals surface area contributed by atoms with Crippen LogP contribution >= 0.6 is 0 Å². The predicted octanol–water partition coefficient (Wildman–Crippen LogP) is 4.96. The summed E-state index contributed by atoms with van der Waals surface area (Å²) in [6, 6.07) is 12.5. The van der Waals surface area contributed by atoms with E-state index in [0.29, 0.717) is 12.3 Å². The summed E-state index contributed by atoms with van der Waals surface area (Å²) in [6.07, 6.45) is 12.5. The number of likely N-dealkylation sites (tertiary alicyclic amines) is 1. The van der Waals surface area contributed by atoms with Gasteiger partial charge in [0.1, 0.15) is 5.78 Å². The number of Topliss-reactive ketones (excluding diaryl/α,β-unsaturated/α-hetero) is 1. The summed E-state index contributed by atoms with van der Waals surface area (Å²) in [4.78, 5) is 28.9. The largest absolute Gasteiger partial charge is 0.350 e. The molecule has 3 atom stereocenters. The Labute approximate surface area is 198 Å². The van der Waals surface area contributed by atoms with E-state index in [9.17, 15) is 9.59 Å². The van der Waals surface area contributed by atoms with Crippen LogP contribution in [0.1, 0.15) is 75.5 Å². The number of amides is 1. The zero-order valence-corrected chi connectivity index (χ0v) is 20.2. The summed E-state index contributed by atoms with van der Waals surface area (Å²) in [5.74, 6) is 0.520. The Morgan fingerprint density at radius 2 is 1.79 bits per heavy atom. The first-order valence-corrected chi connectivity index (χ1v) is 12.8. The minimum absolute atomic E-state index is 0.123. The number of carbonyl (C=O) groups is 2. The molecule has 0 radical (unpaired) electrons. The monoisotopic (exact) mass is 449 g/mol. The van der Waals surface area contributed by atoms with Gasteiger partial charge >= 0.3 is 0 Å². The standard InChI is InChI=1S/C28H39N3O2/c1-21(29-2)27(32)18-25(23-12-7-4-8-13-23)28(33)31-16-9-14-26(31)24-15-17-30(20-24)19-22-10-5-3-6-11-22/h3,5-6,10-11,15,17,20-21,23,25-26,29H,4,7-9,12-14,16,18-19H2,1-2H3/t21-,25-,26+/m0/s1. The molecule has 2 aromatic rings. The van der Waals surface area contributed by atoms with Gasteiger partial charge in [-0.15, -0.1) is 0 Å². The van der Waals surface area contributed by atoms with E-state index < -0.39 is 0 Å². The minimum Gasteiger partial charge on any atom is -0.350 e. The Morgan fingerprint density at radius 1 is 1.03 bits per heavy atom. The third-order valence-electron chi connectivity index (χ3n) is 7.78. The molecule has 1 aromatic heterocycles. The van der Waals surface area contributed by atoms with Crippen molar-refractivity contribution < 1.29 is 9.59 Å². The van der Waals surface area contributed by atoms with Gasteiger partial charge in [-0.1, -0.05) is 49.6 Å². The molecule has 1 aromatic carbocycles. The maximum atomic E-state index is 13.9. The number of benzene rings is 1. The quantitative estimate of drug-likeness (QED) is 0.588. The van der Waals surface area contributed by atoms with E-state index in [4.69, 9.17) is 0 Å². The molecule has 0 unspecified atom stereocenters. The molecule has 178 valence electrons. The molecular formula is C28H39N3O2. The van der Waals surface area contributed by atoms with E-state index in [-0.39, 0.29) is 29.7 Å². The molecule has 0 spiro atoms. The summed E-state index contributed by atoms with van der Waals surface area (Å²) in [5, 5.41) is 3.06. The van der Waals surface area contributed by atoms with E-state index >= 15 is 0 Å². The fourth-order valence-electron chi connectivity index (χ4n) is 5.69. The van der Waals surface area contributed by atoms with Crippen LogP contribution in [0.25, 0.3) is 0 Å². The molecule has 2 heterocycles. The van der Waals surface area contributed by atoms with Gasteiger partial charge in [-0.3, -0.25) is 9.59 Å². The van der Waals surface area contributed by atoms with Crippen molar-refractivity contribution >= 4 is 11.7 Å². The van der Waals surface area contributed by atoms with Crippen molar-refractivity contribution in [3.63, 3.8) is 0 Å². The van der Waals surface area contributed by atoms with Crippen LogP contribution in [0.5, 0.6) is 0 Å². The zero-order chi connectivity index (χ0) is 23.2. The second kappa shape index (κ2) is 11.1. The summed E-state index contributed by atoms with van der Waals surface area (Å²) in [6.45, 7) is 3.54. The van der Waals surface area contributed by atoms with E-state index in [0.717, 1.165) is 38.8 Å². The van der Waals surface area contributed by atoms with Crippen molar-refractivity contribution in [3.05, 3.63) is 59.9 Å². The Bertz CT molecular complexity index is 916. The van der Waals surface area contributed by atoms with E-state index in [2.05, 4.69) is 57.5 Å². The van der Waals surface area contributed by atoms with Gasteiger partial charge in [0.2, 0.25) is 5.91 Å². The first-order chi connectivity index (χ1) is 16.1. The Hall–Kier alpha value is -2.40. The van der Waals surface area contributed by atoms with Gasteiger partial charge < -0.3 is 14.8 Å². The molecule has 1 N–H and O–H groups in total. The highest BCUT2D eigenvalue weighted by Gasteiger charge is 2.39. The molecule has 4 rings (SSSR count). The normalized spacial score (nSPS) is 21.2. The summed E-state index contributed by atoms with van der Waals surface area (Å²) in [7, 11) is 1.82. The van der Waals surface area contributed by atoms with Crippen molar-refractivity contribution in [3.8, 4) is 0 Å². The molecule has 2 fully saturated rings. The average Bonchev–Trinajstić information content (AvgIpc) is 3.52. The molecule has 1 saturated heterocycles. The van der Waals surface area contributed by atoms with Crippen LogP contribution in [0.15, 0.2) is 48.8 Å². The summed E-state index contributed by atoms with van der Waals surface area (Å²) in [5.41, 5.74) is 2.49. The predicted molar refractivity (Wildman–Crippen MR) is 132 cm³/mol. The summed E-state index contributed by atoms with van der Waals surface area (Å²) >= 11 is 0. The number of nitrogens with zero attached hydrogens (tertiary/aromatic N) is 2. The van der Waals surface area contributed by atoms with Gasteiger partial charge in [-0.25, -0.2) is 0 Å². The van der Waals surface area contributed by atoms with Crippen molar-refractivity contribution in [2.45, 2.75) is 76.9 Å². The fraction of sp³-hybridized carbons (Fsp3) is 0.571. The van der Waals surface area contributed by atoms with Crippen molar-refractivity contribution in [1.29, 1.82) is 0 Å². The molecule has 1 saturated carbocycles. The smallest absolute Gasteiger partial charge is 0.226 e. The fourth-order valence-corrected chi connectivity index (χ4v) is 5.69. The molecule has 1 amide bonds.